The highest BCUT2D eigenvalue weighted by Crippen LogP contribution is 2.40. The molecule has 0 aliphatic rings. The average Bonchev–Trinajstić information content (AvgIpc) is 2.26. The Morgan fingerprint density at radius 1 is 1.11 bits per heavy atom. The van der Waals surface area contributed by atoms with Gasteiger partial charge in [-0.1, -0.05) is 0 Å². The third kappa shape index (κ3) is 3.39. The lowest BCUT2D eigenvalue weighted by molar-refractivity contribution is -0.143. The Morgan fingerprint density at radius 3 is 2.05 bits per heavy atom. The molecule has 0 saturated carbocycles. The van der Waals surface area contributed by atoms with Crippen molar-refractivity contribution in [1.29, 1.82) is 0 Å². The molecule has 0 fully saturated rings. The van der Waals surface area contributed by atoms with Crippen LogP contribution in [0.1, 0.15) is 28.4 Å². The average molecular weight is 286 g/mol. The predicted octanol–water partition coefficient (Wildman–Crippen LogP) is 3.94. The van der Waals surface area contributed by atoms with Gasteiger partial charge in [0.1, 0.15) is 5.75 Å². The first-order valence-electron chi connectivity index (χ1n) is 5.01. The largest absolute Gasteiger partial charge is 0.493 e. The molecule has 0 amide bonds. The van der Waals surface area contributed by atoms with E-state index in [-0.39, 0.29) is 19.0 Å². The molecular weight excluding hydrogens is 278 g/mol. The van der Waals surface area contributed by atoms with Gasteiger partial charge in [0.25, 0.3) is 0 Å². The van der Waals surface area contributed by atoms with E-state index in [9.17, 15) is 31.1 Å². The number of carbonyl (C=O) groups is 1. The number of rotatable bonds is 3. The van der Waals surface area contributed by atoms with Crippen molar-refractivity contribution in [3.05, 3.63) is 28.8 Å². The lowest BCUT2D eigenvalue weighted by Crippen LogP contribution is -2.15. The van der Waals surface area contributed by atoms with Crippen LogP contribution in [0.4, 0.5) is 26.3 Å². The van der Waals surface area contributed by atoms with Crippen molar-refractivity contribution in [2.45, 2.75) is 19.3 Å². The fourth-order valence-corrected chi connectivity index (χ4v) is 1.42. The van der Waals surface area contributed by atoms with E-state index >= 15 is 0 Å². The van der Waals surface area contributed by atoms with Gasteiger partial charge in [0, 0.05) is 0 Å². The molecular formula is C11H8F6O2. The lowest BCUT2D eigenvalue weighted by atomic mass is 10.0. The second kappa shape index (κ2) is 5.10. The van der Waals surface area contributed by atoms with E-state index in [1.807, 2.05) is 0 Å². The molecule has 0 heterocycles. The van der Waals surface area contributed by atoms with Crippen LogP contribution in [0.3, 0.4) is 0 Å². The van der Waals surface area contributed by atoms with Crippen molar-refractivity contribution in [3.63, 3.8) is 0 Å². The Labute approximate surface area is 104 Å². The molecule has 8 heteroatoms. The number of hydrogen-bond acceptors (Lipinski definition) is 2. The summed E-state index contributed by atoms with van der Waals surface area (Å²) in [6.45, 7) is 1.21. The number of alkyl halides is 6. The van der Waals surface area contributed by atoms with Gasteiger partial charge < -0.3 is 4.74 Å². The molecule has 0 atom stereocenters. The van der Waals surface area contributed by atoms with E-state index in [4.69, 9.17) is 0 Å². The minimum absolute atomic E-state index is 0.105. The topological polar surface area (TPSA) is 26.3 Å². The molecule has 1 rings (SSSR count). The summed E-state index contributed by atoms with van der Waals surface area (Å²) in [6, 6.07) is 0.273. The van der Waals surface area contributed by atoms with Crippen LogP contribution in [0.2, 0.25) is 0 Å². The van der Waals surface area contributed by atoms with Crippen molar-refractivity contribution in [2.75, 3.05) is 6.61 Å². The summed E-state index contributed by atoms with van der Waals surface area (Å²) in [5.74, 6) is -0.736. The summed E-state index contributed by atoms with van der Waals surface area (Å²) in [7, 11) is 0. The molecule has 0 aliphatic heterocycles. The fraction of sp³-hybridized carbons (Fsp3) is 0.364. The molecule has 0 N–H and O–H groups in total. The van der Waals surface area contributed by atoms with E-state index < -0.39 is 34.8 Å². The maximum Gasteiger partial charge on any atom is 0.417 e. The third-order valence-corrected chi connectivity index (χ3v) is 2.19. The van der Waals surface area contributed by atoms with Gasteiger partial charge in [0.2, 0.25) is 0 Å². The molecule has 0 bridgehead atoms. The SMILES string of the molecule is CCOc1cc(C(F)(F)F)cc(C(F)(F)F)c1C=O. The summed E-state index contributed by atoms with van der Waals surface area (Å²) in [4.78, 5) is 10.7. The van der Waals surface area contributed by atoms with Gasteiger partial charge in [-0.15, -0.1) is 0 Å². The fourth-order valence-electron chi connectivity index (χ4n) is 1.42. The van der Waals surface area contributed by atoms with E-state index in [0.29, 0.717) is 6.07 Å². The molecule has 0 radical (unpaired) electrons. The minimum atomic E-state index is -5.08. The summed E-state index contributed by atoms with van der Waals surface area (Å²) in [6.07, 6.45) is -10.2. The minimum Gasteiger partial charge on any atom is -0.493 e. The number of benzene rings is 1. The van der Waals surface area contributed by atoms with E-state index in [1.54, 1.807) is 0 Å². The number of ether oxygens (including phenoxy) is 1. The van der Waals surface area contributed by atoms with Gasteiger partial charge in [-0.2, -0.15) is 26.3 Å². The second-order valence-corrected chi connectivity index (χ2v) is 3.48. The molecule has 0 aromatic heterocycles. The highest BCUT2D eigenvalue weighted by atomic mass is 19.4. The molecule has 19 heavy (non-hydrogen) atoms. The maximum atomic E-state index is 12.6. The summed E-state index contributed by atoms with van der Waals surface area (Å²) >= 11 is 0. The highest BCUT2D eigenvalue weighted by Gasteiger charge is 2.39. The zero-order valence-electron chi connectivity index (χ0n) is 9.52. The lowest BCUT2D eigenvalue weighted by Gasteiger charge is -2.17. The van der Waals surface area contributed by atoms with E-state index in [2.05, 4.69) is 4.74 Å². The van der Waals surface area contributed by atoms with Crippen molar-refractivity contribution >= 4 is 6.29 Å². The zero-order chi connectivity index (χ0) is 14.8. The molecule has 106 valence electrons. The maximum absolute atomic E-state index is 12.6. The number of halogens is 6. The quantitative estimate of drug-likeness (QED) is 0.621. The van der Waals surface area contributed by atoms with Crippen LogP contribution in [-0.2, 0) is 12.4 Å². The van der Waals surface area contributed by atoms with Crippen molar-refractivity contribution < 1.29 is 35.9 Å². The van der Waals surface area contributed by atoms with E-state index in [0.717, 1.165) is 0 Å². The van der Waals surface area contributed by atoms with Gasteiger partial charge >= 0.3 is 12.4 Å². The normalized spacial score (nSPS) is 12.4. The standard InChI is InChI=1S/C11H8F6O2/c1-2-19-9-4-6(10(12,13)14)3-8(7(9)5-18)11(15,16)17/h3-5H,2H2,1H3. The van der Waals surface area contributed by atoms with Crippen molar-refractivity contribution in [1.82, 2.24) is 0 Å². The van der Waals surface area contributed by atoms with Gasteiger partial charge in [-0.3, -0.25) is 4.79 Å². The van der Waals surface area contributed by atoms with Crippen molar-refractivity contribution in [3.8, 4) is 5.75 Å². The first kappa shape index (κ1) is 15.3. The smallest absolute Gasteiger partial charge is 0.417 e. The van der Waals surface area contributed by atoms with Crippen LogP contribution in [0.5, 0.6) is 5.75 Å². The first-order chi connectivity index (χ1) is 8.61. The van der Waals surface area contributed by atoms with Gasteiger partial charge in [-0.05, 0) is 19.1 Å². The Kier molecular flexibility index (Phi) is 4.12. The molecule has 1 aromatic carbocycles. The monoisotopic (exact) mass is 286 g/mol. The van der Waals surface area contributed by atoms with Gasteiger partial charge in [0.05, 0.1) is 23.3 Å². The number of aldehydes is 1. The molecule has 0 saturated heterocycles. The van der Waals surface area contributed by atoms with Crippen molar-refractivity contribution in [2.24, 2.45) is 0 Å². The van der Waals surface area contributed by atoms with Crippen LogP contribution in [0, 0.1) is 0 Å². The number of carbonyl (C=O) groups excluding carboxylic acids is 1. The Morgan fingerprint density at radius 2 is 1.68 bits per heavy atom. The van der Waals surface area contributed by atoms with E-state index in [1.165, 1.54) is 6.92 Å². The molecule has 0 unspecified atom stereocenters. The Hall–Kier alpha value is -1.73. The van der Waals surface area contributed by atoms with Gasteiger partial charge in [-0.25, -0.2) is 0 Å². The molecule has 2 nitrogen and oxygen atoms in total. The van der Waals surface area contributed by atoms with Crippen LogP contribution in [0.25, 0.3) is 0 Å². The molecule has 0 spiro atoms. The predicted molar refractivity (Wildman–Crippen MR) is 53.0 cm³/mol. The van der Waals surface area contributed by atoms with Crippen LogP contribution < -0.4 is 4.74 Å². The second-order valence-electron chi connectivity index (χ2n) is 3.48. The van der Waals surface area contributed by atoms with Gasteiger partial charge in [0.15, 0.2) is 6.29 Å². The summed E-state index contributed by atoms with van der Waals surface area (Å²) in [5.41, 5.74) is -4.13. The van der Waals surface area contributed by atoms with Crippen LogP contribution >= 0.6 is 0 Å². The zero-order valence-corrected chi connectivity index (χ0v) is 9.52. The molecule has 0 aliphatic carbocycles. The highest BCUT2D eigenvalue weighted by molar-refractivity contribution is 5.82. The Balaban J connectivity index is 3.59. The number of hydrogen-bond donors (Lipinski definition) is 0. The summed E-state index contributed by atoms with van der Waals surface area (Å²) in [5, 5.41) is 0. The molecule has 1 aromatic rings. The Bertz CT molecular complexity index is 475. The van der Waals surface area contributed by atoms with Crippen LogP contribution in [-0.4, -0.2) is 12.9 Å². The van der Waals surface area contributed by atoms with Crippen LogP contribution in [0.15, 0.2) is 12.1 Å². The summed E-state index contributed by atoms with van der Waals surface area (Å²) < 4.78 is 80.1. The third-order valence-electron chi connectivity index (χ3n) is 2.19. The first-order valence-corrected chi connectivity index (χ1v) is 5.01.